The number of alkyl carbamates (subject to hydrolysis) is 1. The van der Waals surface area contributed by atoms with Gasteiger partial charge in [0.15, 0.2) is 11.5 Å². The molecule has 0 bridgehead atoms. The van der Waals surface area contributed by atoms with Crippen molar-refractivity contribution in [1.29, 1.82) is 0 Å². The summed E-state index contributed by atoms with van der Waals surface area (Å²) in [6.07, 6.45) is -0.341. The first-order chi connectivity index (χ1) is 27.9. The number of sulfonamides is 1. The molecule has 322 valence electrons. The summed E-state index contributed by atoms with van der Waals surface area (Å²) in [7, 11) is -3.99. The molecule has 1 saturated heterocycles. The van der Waals surface area contributed by atoms with E-state index in [0.29, 0.717) is 67.6 Å². The molecule has 2 aromatic rings. The highest BCUT2D eigenvalue weighted by Gasteiger charge is 2.62. The van der Waals surface area contributed by atoms with E-state index in [4.69, 9.17) is 18.9 Å². The monoisotopic (exact) mass is 849 g/mol. The van der Waals surface area contributed by atoms with Gasteiger partial charge in [0.2, 0.25) is 33.3 Å². The first-order valence-electron chi connectivity index (χ1n) is 20.1. The van der Waals surface area contributed by atoms with E-state index in [2.05, 4.69) is 20.3 Å². The Balaban J connectivity index is 1.23. The Bertz CT molecular complexity index is 2130. The summed E-state index contributed by atoms with van der Waals surface area (Å²) < 4.78 is 93.0. The van der Waals surface area contributed by atoms with Crippen molar-refractivity contribution in [3.05, 3.63) is 36.5 Å². The van der Waals surface area contributed by atoms with Crippen molar-refractivity contribution in [1.82, 2.24) is 25.2 Å². The first-order valence-corrected chi connectivity index (χ1v) is 21.7. The SMILES string of the molecule is CCC(C)(OC(=O)N[C@@H]1C(=O)N2C[C@H](Oc3nccc4c5c(ccc34)OCCO5)C[C@H]2C(=O)N[C@]2(C(=O)NS(=O)(=O)C3CC3)C[C@H]2/C=C\CC[C@@H](C)C[C@H]1C)C(F)(F)F. The lowest BCUT2D eigenvalue weighted by molar-refractivity contribution is -0.252. The number of fused-ring (bicyclic) bond motifs is 5. The molecule has 3 aliphatic heterocycles. The fourth-order valence-corrected chi connectivity index (χ4v) is 9.54. The molecule has 1 aromatic heterocycles. The van der Waals surface area contributed by atoms with E-state index < -0.39 is 92.8 Å². The van der Waals surface area contributed by atoms with Crippen LogP contribution in [0.25, 0.3) is 10.8 Å². The highest BCUT2D eigenvalue weighted by molar-refractivity contribution is 7.91. The van der Waals surface area contributed by atoms with Gasteiger partial charge in [0.25, 0.3) is 5.91 Å². The Morgan fingerprint density at radius 3 is 2.53 bits per heavy atom. The number of aromatic nitrogens is 1. The number of pyridine rings is 1. The molecular formula is C40H50F3N5O10S. The Kier molecular flexibility index (Phi) is 11.5. The normalized spacial score (nSPS) is 30.3. The van der Waals surface area contributed by atoms with Gasteiger partial charge in [-0.2, -0.15) is 13.2 Å². The lowest BCUT2D eigenvalue weighted by atomic mass is 9.88. The molecule has 1 aromatic carbocycles. The lowest BCUT2D eigenvalue weighted by Crippen LogP contribution is -2.59. The van der Waals surface area contributed by atoms with Crippen molar-refractivity contribution in [2.75, 3.05) is 19.8 Å². The van der Waals surface area contributed by atoms with Crippen LogP contribution in [0.15, 0.2) is 36.5 Å². The van der Waals surface area contributed by atoms with E-state index in [9.17, 15) is 40.8 Å². The van der Waals surface area contributed by atoms with Crippen molar-refractivity contribution >= 4 is 44.6 Å². The maximum absolute atomic E-state index is 14.8. The van der Waals surface area contributed by atoms with Gasteiger partial charge in [-0.3, -0.25) is 19.1 Å². The first kappa shape index (κ1) is 42.3. The van der Waals surface area contributed by atoms with Gasteiger partial charge in [0.1, 0.15) is 36.9 Å². The molecule has 19 heteroatoms. The second kappa shape index (κ2) is 16.0. The van der Waals surface area contributed by atoms with E-state index in [1.807, 2.05) is 13.0 Å². The number of rotatable bonds is 8. The zero-order valence-electron chi connectivity index (χ0n) is 33.3. The number of ether oxygens (including phenoxy) is 4. The summed E-state index contributed by atoms with van der Waals surface area (Å²) in [5, 5.41) is 5.72. The molecule has 4 heterocycles. The summed E-state index contributed by atoms with van der Waals surface area (Å²) in [6, 6.07) is 2.43. The number of alkyl halides is 3. The minimum absolute atomic E-state index is 0.0392. The molecule has 4 amide bonds. The maximum Gasteiger partial charge on any atom is 0.428 e. The molecule has 5 aliphatic rings. The minimum atomic E-state index is -4.91. The number of nitrogens with one attached hydrogen (secondary N) is 3. The van der Waals surface area contributed by atoms with Gasteiger partial charge >= 0.3 is 12.3 Å². The number of halogens is 3. The van der Waals surface area contributed by atoms with Crippen LogP contribution in [-0.2, 0) is 29.1 Å². The van der Waals surface area contributed by atoms with Crippen molar-refractivity contribution < 1.29 is 59.7 Å². The quantitative estimate of drug-likeness (QED) is 0.313. The molecule has 0 spiro atoms. The summed E-state index contributed by atoms with van der Waals surface area (Å²) in [6.45, 7) is 6.09. The number of carbonyl (C=O) groups excluding carboxylic acids is 4. The number of nitrogens with zero attached hydrogens (tertiary/aromatic N) is 2. The molecular weight excluding hydrogens is 800 g/mol. The average Bonchev–Trinajstić information content (AvgIpc) is 4.11. The highest BCUT2D eigenvalue weighted by Crippen LogP contribution is 2.47. The van der Waals surface area contributed by atoms with Crippen LogP contribution in [0.5, 0.6) is 17.4 Å². The molecule has 1 unspecified atom stereocenters. The third kappa shape index (κ3) is 8.62. The van der Waals surface area contributed by atoms with Crippen LogP contribution >= 0.6 is 0 Å². The number of benzene rings is 1. The Labute approximate surface area is 340 Å². The number of amides is 4. The molecule has 7 rings (SSSR count). The van der Waals surface area contributed by atoms with E-state index in [1.54, 1.807) is 31.2 Å². The molecule has 2 aliphatic carbocycles. The standard InChI is InChI=1S/C40H50F3N5O10S/c1-5-38(4,40(41,42)43)58-37(52)45-31-23(3)18-22(2)8-6-7-9-24-20-39(24,36(51)47-59(53,54)26-10-11-26)46-33(49)29-19-25(21-48(29)35(31)50)57-34-28-12-13-30-32(56-17-16-55-30)27(28)14-15-44-34/h7,9,12-15,22-26,29,31H,5-6,8,10-11,16-21H2,1-4H3,(H,45,52)(H,46,49)(H,47,51)/b9-7-/t22-,23-,24-,25-,29+,31+,38?,39-/m1/s1. The molecule has 0 radical (unpaired) electrons. The van der Waals surface area contributed by atoms with Gasteiger partial charge in [-0.25, -0.2) is 18.2 Å². The smallest absolute Gasteiger partial charge is 0.428 e. The summed E-state index contributed by atoms with van der Waals surface area (Å²) in [5.41, 5.74) is -4.48. The summed E-state index contributed by atoms with van der Waals surface area (Å²) in [5.74, 6) is -2.46. The predicted octanol–water partition coefficient (Wildman–Crippen LogP) is 4.68. The van der Waals surface area contributed by atoms with Crippen LogP contribution in [0.4, 0.5) is 18.0 Å². The molecule has 59 heavy (non-hydrogen) atoms. The molecule has 15 nitrogen and oxygen atoms in total. The van der Waals surface area contributed by atoms with E-state index in [0.717, 1.165) is 6.92 Å². The third-order valence-corrected chi connectivity index (χ3v) is 14.0. The number of hydrogen-bond donors (Lipinski definition) is 3. The second-order valence-corrected chi connectivity index (χ2v) is 18.6. The number of allylic oxidation sites excluding steroid dienone is 1. The minimum Gasteiger partial charge on any atom is -0.486 e. The second-order valence-electron chi connectivity index (χ2n) is 16.6. The average molecular weight is 850 g/mol. The number of hydrogen-bond acceptors (Lipinski definition) is 11. The Morgan fingerprint density at radius 2 is 1.81 bits per heavy atom. The van der Waals surface area contributed by atoms with E-state index in [-0.39, 0.29) is 31.2 Å². The van der Waals surface area contributed by atoms with Crippen molar-refractivity contribution in [2.24, 2.45) is 17.8 Å². The van der Waals surface area contributed by atoms with Crippen LogP contribution in [0.2, 0.25) is 0 Å². The molecule has 2 saturated carbocycles. The maximum atomic E-state index is 14.8. The van der Waals surface area contributed by atoms with Crippen LogP contribution in [0.3, 0.4) is 0 Å². The molecule has 8 atom stereocenters. The van der Waals surface area contributed by atoms with Crippen LogP contribution < -0.4 is 29.6 Å². The van der Waals surface area contributed by atoms with E-state index >= 15 is 0 Å². The Hall–Kier alpha value is -4.81. The third-order valence-electron chi connectivity index (χ3n) is 12.2. The molecule has 3 N–H and O–H groups in total. The van der Waals surface area contributed by atoms with Gasteiger partial charge < -0.3 is 34.5 Å². The summed E-state index contributed by atoms with van der Waals surface area (Å²) in [4.78, 5) is 62.1. The number of carbonyl (C=O) groups is 4. The van der Waals surface area contributed by atoms with Gasteiger partial charge in [0, 0.05) is 29.3 Å². The van der Waals surface area contributed by atoms with Gasteiger partial charge in [0.05, 0.1) is 11.8 Å². The van der Waals surface area contributed by atoms with Gasteiger partial charge in [-0.15, -0.1) is 0 Å². The fourth-order valence-electron chi connectivity index (χ4n) is 8.18. The van der Waals surface area contributed by atoms with Crippen LogP contribution in [-0.4, -0.2) is 103 Å². The van der Waals surface area contributed by atoms with Gasteiger partial charge in [-0.05, 0) is 81.9 Å². The van der Waals surface area contributed by atoms with E-state index in [1.165, 1.54) is 18.0 Å². The van der Waals surface area contributed by atoms with Crippen molar-refractivity contribution in [2.45, 2.75) is 120 Å². The topological polar surface area (TPSA) is 192 Å². The molecule has 3 fully saturated rings. The summed E-state index contributed by atoms with van der Waals surface area (Å²) >= 11 is 0. The lowest BCUT2D eigenvalue weighted by Gasteiger charge is -2.34. The fraction of sp³-hybridized carbons (Fsp3) is 0.625. The van der Waals surface area contributed by atoms with Crippen LogP contribution in [0.1, 0.15) is 79.1 Å². The van der Waals surface area contributed by atoms with Crippen molar-refractivity contribution in [3.63, 3.8) is 0 Å². The van der Waals surface area contributed by atoms with Gasteiger partial charge in [-0.1, -0.05) is 32.9 Å². The largest absolute Gasteiger partial charge is 0.486 e. The van der Waals surface area contributed by atoms with Crippen molar-refractivity contribution in [3.8, 4) is 17.4 Å². The predicted molar refractivity (Wildman–Crippen MR) is 206 cm³/mol. The highest BCUT2D eigenvalue weighted by atomic mass is 32.2. The van der Waals surface area contributed by atoms with Crippen LogP contribution in [0, 0.1) is 17.8 Å². The Morgan fingerprint density at radius 1 is 1.07 bits per heavy atom. The zero-order chi connectivity index (χ0) is 42.5. The zero-order valence-corrected chi connectivity index (χ0v) is 34.1.